The Morgan fingerprint density at radius 2 is 1.33 bits per heavy atom. The van der Waals surface area contributed by atoms with Gasteiger partial charge in [-0.2, -0.15) is 0 Å². The van der Waals surface area contributed by atoms with Crippen molar-refractivity contribution in [2.24, 2.45) is 5.92 Å². The minimum Gasteiger partial charge on any atom is -0.273 e. The van der Waals surface area contributed by atoms with Gasteiger partial charge >= 0.3 is 0 Å². The van der Waals surface area contributed by atoms with E-state index in [9.17, 15) is 9.59 Å². The summed E-state index contributed by atoms with van der Waals surface area (Å²) in [5.74, 6) is -1.58. The normalized spacial score (nSPS) is 23.2. The molecule has 3 aromatic rings. The molecule has 2 aliphatic heterocycles. The molecule has 0 unspecified atom stereocenters. The lowest BCUT2D eigenvalue weighted by Crippen LogP contribution is -2.37. The maximum atomic E-state index is 13.5. The molecular weight excluding hydrogens is 423 g/mol. The van der Waals surface area contributed by atoms with Crippen molar-refractivity contribution in [1.82, 2.24) is 0 Å². The van der Waals surface area contributed by atoms with Crippen molar-refractivity contribution in [3.8, 4) is 0 Å². The molecule has 3 atom stereocenters. The molecule has 0 N–H and O–H groups in total. The van der Waals surface area contributed by atoms with E-state index in [4.69, 9.17) is 28.0 Å². The van der Waals surface area contributed by atoms with Gasteiger partial charge < -0.3 is 0 Å². The average molecular weight is 439 g/mol. The average Bonchev–Trinajstić information content (AvgIpc) is 3.27. The second-order valence-electron chi connectivity index (χ2n) is 7.15. The summed E-state index contributed by atoms with van der Waals surface area (Å²) in [6.45, 7) is 0. The predicted octanol–water partition coefficient (Wildman–Crippen LogP) is 5.04. The number of benzene rings is 3. The van der Waals surface area contributed by atoms with Gasteiger partial charge in [-0.15, -0.1) is 0 Å². The first-order valence-electron chi connectivity index (χ1n) is 9.46. The third kappa shape index (κ3) is 2.89. The number of amides is 2. The van der Waals surface area contributed by atoms with Gasteiger partial charge in [0.2, 0.25) is 5.91 Å². The second kappa shape index (κ2) is 7.43. The molecule has 0 radical (unpaired) electrons. The Balaban J connectivity index is 1.61. The summed E-state index contributed by atoms with van der Waals surface area (Å²) >= 11 is 12.6. The Kier molecular flexibility index (Phi) is 4.74. The van der Waals surface area contributed by atoms with E-state index in [1.165, 1.54) is 0 Å². The van der Waals surface area contributed by atoms with E-state index in [0.717, 1.165) is 16.2 Å². The largest absolute Gasteiger partial charge is 0.273 e. The Morgan fingerprint density at radius 1 is 0.733 bits per heavy atom. The smallest absolute Gasteiger partial charge is 0.266 e. The summed E-state index contributed by atoms with van der Waals surface area (Å²) in [4.78, 5) is 34.0. The quantitative estimate of drug-likeness (QED) is 0.537. The topological polar surface area (TPSA) is 49.9 Å². The monoisotopic (exact) mass is 438 g/mol. The summed E-state index contributed by atoms with van der Waals surface area (Å²) in [6, 6.07) is 23.4. The number of carbonyl (C=O) groups excluding carboxylic acids is 2. The maximum absolute atomic E-state index is 13.5. The molecule has 0 aliphatic carbocycles. The molecule has 3 aromatic carbocycles. The minimum atomic E-state index is -0.963. The zero-order chi connectivity index (χ0) is 20.8. The van der Waals surface area contributed by atoms with Gasteiger partial charge in [-0.1, -0.05) is 77.8 Å². The Labute approximate surface area is 183 Å². The van der Waals surface area contributed by atoms with Gasteiger partial charge in [0, 0.05) is 0 Å². The van der Waals surface area contributed by atoms with Crippen LogP contribution in [0, 0.1) is 5.92 Å². The Hall–Kier alpha value is -2.86. The Morgan fingerprint density at radius 3 is 1.97 bits per heavy atom. The molecule has 7 heteroatoms. The van der Waals surface area contributed by atoms with Crippen LogP contribution in [0.2, 0.25) is 10.0 Å². The van der Waals surface area contributed by atoms with Crippen LogP contribution in [0.15, 0.2) is 78.9 Å². The number of halogens is 2. The van der Waals surface area contributed by atoms with Crippen LogP contribution in [0.4, 0.5) is 11.4 Å². The van der Waals surface area contributed by atoms with Crippen LogP contribution in [0.1, 0.15) is 11.6 Å². The number of imide groups is 1. The number of hydrogen-bond acceptors (Lipinski definition) is 4. The highest BCUT2D eigenvalue weighted by Crippen LogP contribution is 2.49. The fraction of sp³-hybridized carbons (Fsp3) is 0.130. The van der Waals surface area contributed by atoms with Crippen molar-refractivity contribution in [3.05, 3.63) is 94.5 Å². The van der Waals surface area contributed by atoms with E-state index in [2.05, 4.69) is 0 Å². The maximum Gasteiger partial charge on any atom is 0.266 e. The molecule has 5 nitrogen and oxygen atoms in total. The van der Waals surface area contributed by atoms with Crippen molar-refractivity contribution < 1.29 is 14.4 Å². The first-order valence-corrected chi connectivity index (χ1v) is 10.2. The zero-order valence-corrected chi connectivity index (χ0v) is 17.1. The van der Waals surface area contributed by atoms with Gasteiger partial charge in [-0.05, 0) is 29.8 Å². The van der Waals surface area contributed by atoms with Gasteiger partial charge in [0.1, 0.15) is 5.92 Å². The highest BCUT2D eigenvalue weighted by molar-refractivity contribution is 6.42. The molecule has 2 fully saturated rings. The SMILES string of the molecule is O=C1[C@@H]2[C@H](ON(c3ccccc3)[C@@H]2c2ccccc2)C(=O)N1c1c(Cl)cccc1Cl. The van der Waals surface area contributed by atoms with Crippen molar-refractivity contribution in [3.63, 3.8) is 0 Å². The first kappa shape index (κ1) is 19.1. The van der Waals surface area contributed by atoms with Crippen molar-refractivity contribution >= 4 is 46.4 Å². The number of para-hydroxylation sites is 2. The predicted molar refractivity (Wildman–Crippen MR) is 115 cm³/mol. The molecule has 2 heterocycles. The molecule has 0 aromatic heterocycles. The number of fused-ring (bicyclic) bond motifs is 1. The van der Waals surface area contributed by atoms with Crippen molar-refractivity contribution in [2.75, 3.05) is 9.96 Å². The summed E-state index contributed by atoms with van der Waals surface area (Å²) in [7, 11) is 0. The number of hydroxylamine groups is 1. The Bertz CT molecular complexity index is 1100. The van der Waals surface area contributed by atoms with E-state index in [1.54, 1.807) is 23.3 Å². The molecular formula is C23H16Cl2N2O3. The van der Waals surface area contributed by atoms with E-state index >= 15 is 0 Å². The summed E-state index contributed by atoms with van der Waals surface area (Å²) < 4.78 is 0. The molecule has 2 aliphatic rings. The first-order chi connectivity index (χ1) is 14.6. The van der Waals surface area contributed by atoms with Gasteiger partial charge in [0.05, 0.1) is 27.5 Å². The van der Waals surface area contributed by atoms with E-state index in [0.29, 0.717) is 0 Å². The van der Waals surface area contributed by atoms with Crippen LogP contribution in [0.5, 0.6) is 0 Å². The van der Waals surface area contributed by atoms with Crippen molar-refractivity contribution in [2.45, 2.75) is 12.1 Å². The number of rotatable bonds is 3. The zero-order valence-electron chi connectivity index (χ0n) is 15.6. The molecule has 150 valence electrons. The van der Waals surface area contributed by atoms with Gasteiger partial charge in [-0.25, -0.2) is 9.96 Å². The highest BCUT2D eigenvalue weighted by Gasteiger charge is 2.60. The fourth-order valence-electron chi connectivity index (χ4n) is 4.13. The summed E-state index contributed by atoms with van der Waals surface area (Å²) in [5.41, 5.74) is 1.85. The van der Waals surface area contributed by atoms with Crippen LogP contribution >= 0.6 is 23.2 Å². The number of hydrogen-bond donors (Lipinski definition) is 0. The number of nitrogens with zero attached hydrogens (tertiary/aromatic N) is 2. The molecule has 2 amide bonds. The van der Waals surface area contributed by atoms with Crippen LogP contribution in [0.25, 0.3) is 0 Å². The van der Waals surface area contributed by atoms with E-state index in [1.807, 2.05) is 60.7 Å². The fourth-order valence-corrected chi connectivity index (χ4v) is 4.69. The lowest BCUT2D eigenvalue weighted by Gasteiger charge is -2.29. The summed E-state index contributed by atoms with van der Waals surface area (Å²) in [6.07, 6.45) is -0.963. The summed E-state index contributed by atoms with van der Waals surface area (Å²) in [5, 5.41) is 2.13. The van der Waals surface area contributed by atoms with Crippen LogP contribution in [-0.4, -0.2) is 17.9 Å². The molecule has 5 rings (SSSR count). The molecule has 0 bridgehead atoms. The third-order valence-electron chi connectivity index (χ3n) is 5.43. The molecule has 30 heavy (non-hydrogen) atoms. The van der Waals surface area contributed by atoms with Crippen LogP contribution in [-0.2, 0) is 14.4 Å². The van der Waals surface area contributed by atoms with Gasteiger partial charge in [0.25, 0.3) is 5.91 Å². The van der Waals surface area contributed by atoms with E-state index in [-0.39, 0.29) is 21.6 Å². The second-order valence-corrected chi connectivity index (χ2v) is 7.97. The van der Waals surface area contributed by atoms with Crippen LogP contribution in [0.3, 0.4) is 0 Å². The van der Waals surface area contributed by atoms with E-state index < -0.39 is 24.0 Å². The number of carbonyl (C=O) groups is 2. The van der Waals surface area contributed by atoms with Gasteiger partial charge in [0.15, 0.2) is 6.10 Å². The van der Waals surface area contributed by atoms with Crippen molar-refractivity contribution in [1.29, 1.82) is 0 Å². The standard InChI is InChI=1S/C23H16Cl2N2O3/c24-16-12-7-13-17(25)20(16)26-22(28)18-19(14-8-3-1-4-9-14)27(30-21(18)23(26)29)15-10-5-2-6-11-15/h1-13,18-19,21H/t18-,19+,21-/m0/s1. The number of anilines is 2. The minimum absolute atomic E-state index is 0.201. The van der Waals surface area contributed by atoms with Gasteiger partial charge in [-0.3, -0.25) is 14.4 Å². The third-order valence-corrected chi connectivity index (χ3v) is 6.04. The highest BCUT2D eigenvalue weighted by atomic mass is 35.5. The molecule has 0 saturated carbocycles. The lowest BCUT2D eigenvalue weighted by atomic mass is 9.90. The lowest BCUT2D eigenvalue weighted by molar-refractivity contribution is -0.126. The van der Waals surface area contributed by atoms with Crippen LogP contribution < -0.4 is 9.96 Å². The molecule has 2 saturated heterocycles. The molecule has 0 spiro atoms.